The molecule has 0 radical (unpaired) electrons. The summed E-state index contributed by atoms with van der Waals surface area (Å²) in [7, 11) is -1.80. The Hall–Kier alpha value is -1.68. The number of hydrogen-bond donors (Lipinski definition) is 3. The molecule has 2 atom stereocenters. The molecule has 9 heteroatoms. The molecule has 2 heterocycles. The molecule has 2 saturated heterocycles. The second kappa shape index (κ2) is 9.88. The largest absolute Gasteiger partial charge is 0.377 e. The minimum Gasteiger partial charge on any atom is -0.377 e. The standard InChI is InChI=1S/C20H32N4O4S/c1-20(10-4-12-28-20)15-23-19(21-2)22-13-16-6-8-18(9-7-16)29(25,26)24-14-17-5-3-11-27-17/h6-9,17,24H,3-5,10-15H2,1-2H3,(H2,21,22,23). The van der Waals surface area contributed by atoms with Crippen LogP contribution in [-0.4, -0.2) is 59.4 Å². The summed E-state index contributed by atoms with van der Waals surface area (Å²) in [6.45, 7) is 5.17. The summed E-state index contributed by atoms with van der Waals surface area (Å²) in [5.74, 6) is 0.691. The van der Waals surface area contributed by atoms with E-state index in [1.807, 2.05) is 12.1 Å². The van der Waals surface area contributed by atoms with E-state index in [1.165, 1.54) is 0 Å². The Morgan fingerprint density at radius 2 is 2.00 bits per heavy atom. The Morgan fingerprint density at radius 1 is 1.21 bits per heavy atom. The van der Waals surface area contributed by atoms with Crippen LogP contribution >= 0.6 is 0 Å². The normalized spacial score (nSPS) is 25.3. The Morgan fingerprint density at radius 3 is 2.62 bits per heavy atom. The Balaban J connectivity index is 1.47. The van der Waals surface area contributed by atoms with Crippen molar-refractivity contribution in [2.24, 2.45) is 4.99 Å². The van der Waals surface area contributed by atoms with Crippen LogP contribution in [-0.2, 0) is 26.0 Å². The molecule has 0 aromatic heterocycles. The van der Waals surface area contributed by atoms with Gasteiger partial charge >= 0.3 is 0 Å². The fourth-order valence-corrected chi connectivity index (χ4v) is 4.60. The van der Waals surface area contributed by atoms with Crippen LogP contribution in [0.2, 0.25) is 0 Å². The van der Waals surface area contributed by atoms with Gasteiger partial charge in [-0.3, -0.25) is 4.99 Å². The lowest BCUT2D eigenvalue weighted by Gasteiger charge is -2.24. The first-order valence-electron chi connectivity index (χ1n) is 10.2. The Bertz CT molecular complexity index is 783. The quantitative estimate of drug-likeness (QED) is 0.431. The summed E-state index contributed by atoms with van der Waals surface area (Å²) in [4.78, 5) is 4.49. The average Bonchev–Trinajstić information content (AvgIpc) is 3.39. The predicted octanol–water partition coefficient (Wildman–Crippen LogP) is 1.38. The van der Waals surface area contributed by atoms with Gasteiger partial charge in [0, 0.05) is 39.9 Å². The Labute approximate surface area is 173 Å². The first-order chi connectivity index (χ1) is 13.9. The fraction of sp³-hybridized carbons (Fsp3) is 0.650. The second-order valence-electron chi connectivity index (χ2n) is 7.81. The number of nitrogens with zero attached hydrogens (tertiary/aromatic N) is 1. The van der Waals surface area contributed by atoms with Gasteiger partial charge in [0.15, 0.2) is 5.96 Å². The van der Waals surface area contributed by atoms with Crippen LogP contribution in [0.25, 0.3) is 0 Å². The van der Waals surface area contributed by atoms with Gasteiger partial charge in [0.05, 0.1) is 16.6 Å². The maximum atomic E-state index is 12.4. The number of ether oxygens (including phenoxy) is 2. The fourth-order valence-electron chi connectivity index (χ4n) is 3.53. The number of guanidine groups is 1. The van der Waals surface area contributed by atoms with Crippen LogP contribution in [0.1, 0.15) is 38.2 Å². The van der Waals surface area contributed by atoms with Crippen LogP contribution in [0.5, 0.6) is 0 Å². The van der Waals surface area contributed by atoms with E-state index in [0.29, 0.717) is 32.2 Å². The monoisotopic (exact) mass is 424 g/mol. The lowest BCUT2D eigenvalue weighted by Crippen LogP contribution is -2.45. The molecule has 0 amide bonds. The topological polar surface area (TPSA) is 101 Å². The molecule has 2 unspecified atom stereocenters. The molecule has 2 aliphatic rings. The zero-order chi connectivity index (χ0) is 20.7. The first-order valence-corrected chi connectivity index (χ1v) is 11.7. The summed E-state index contributed by atoms with van der Waals surface area (Å²) in [5.41, 5.74) is 0.818. The maximum Gasteiger partial charge on any atom is 0.240 e. The van der Waals surface area contributed by atoms with Crippen LogP contribution in [0.3, 0.4) is 0 Å². The molecule has 0 saturated carbocycles. The maximum absolute atomic E-state index is 12.4. The highest BCUT2D eigenvalue weighted by molar-refractivity contribution is 7.89. The van der Waals surface area contributed by atoms with Crippen LogP contribution < -0.4 is 15.4 Å². The molecule has 3 N–H and O–H groups in total. The zero-order valence-electron chi connectivity index (χ0n) is 17.2. The van der Waals surface area contributed by atoms with Crippen LogP contribution in [0.15, 0.2) is 34.2 Å². The van der Waals surface area contributed by atoms with E-state index < -0.39 is 10.0 Å². The molecule has 1 aromatic carbocycles. The number of benzene rings is 1. The predicted molar refractivity (Wildman–Crippen MR) is 112 cm³/mol. The molecule has 0 spiro atoms. The molecular formula is C20H32N4O4S. The molecule has 1 aromatic rings. The third-order valence-corrected chi connectivity index (χ3v) is 6.81. The molecule has 2 aliphatic heterocycles. The highest BCUT2D eigenvalue weighted by atomic mass is 32.2. The van der Waals surface area contributed by atoms with E-state index in [4.69, 9.17) is 9.47 Å². The van der Waals surface area contributed by atoms with Crippen molar-refractivity contribution in [3.05, 3.63) is 29.8 Å². The molecule has 8 nitrogen and oxygen atoms in total. The number of nitrogens with one attached hydrogen (secondary N) is 3. The number of sulfonamides is 1. The van der Waals surface area contributed by atoms with E-state index in [9.17, 15) is 8.42 Å². The van der Waals surface area contributed by atoms with Crippen molar-refractivity contribution in [2.45, 2.75) is 55.8 Å². The second-order valence-corrected chi connectivity index (χ2v) is 9.58. The van der Waals surface area contributed by atoms with E-state index in [-0.39, 0.29) is 16.6 Å². The van der Waals surface area contributed by atoms with Gasteiger partial charge < -0.3 is 20.1 Å². The summed E-state index contributed by atoms with van der Waals surface area (Å²) < 4.78 is 38.7. The van der Waals surface area contributed by atoms with Crippen molar-refractivity contribution in [1.29, 1.82) is 0 Å². The summed E-state index contributed by atoms with van der Waals surface area (Å²) in [6.07, 6.45) is 3.98. The van der Waals surface area contributed by atoms with E-state index in [1.54, 1.807) is 19.2 Å². The van der Waals surface area contributed by atoms with Crippen molar-refractivity contribution in [3.63, 3.8) is 0 Å². The minimum absolute atomic E-state index is 0.0237. The Kier molecular flexibility index (Phi) is 7.50. The lowest BCUT2D eigenvalue weighted by atomic mass is 10.0. The first kappa shape index (κ1) is 22.0. The van der Waals surface area contributed by atoms with Crippen LogP contribution in [0.4, 0.5) is 0 Å². The van der Waals surface area contributed by atoms with Crippen molar-refractivity contribution in [3.8, 4) is 0 Å². The molecule has 29 heavy (non-hydrogen) atoms. The van der Waals surface area contributed by atoms with Gasteiger partial charge in [-0.25, -0.2) is 13.1 Å². The highest BCUT2D eigenvalue weighted by Gasteiger charge is 2.29. The smallest absolute Gasteiger partial charge is 0.240 e. The molecule has 0 bridgehead atoms. The van der Waals surface area contributed by atoms with Gasteiger partial charge in [-0.2, -0.15) is 0 Å². The van der Waals surface area contributed by atoms with Gasteiger partial charge in [-0.05, 0) is 50.3 Å². The molecule has 162 valence electrons. The number of rotatable bonds is 8. The summed E-state index contributed by atoms with van der Waals surface area (Å²) >= 11 is 0. The summed E-state index contributed by atoms with van der Waals surface area (Å²) in [6, 6.07) is 6.86. The van der Waals surface area contributed by atoms with Gasteiger partial charge in [0.1, 0.15) is 0 Å². The van der Waals surface area contributed by atoms with Crippen molar-refractivity contribution >= 4 is 16.0 Å². The van der Waals surface area contributed by atoms with Gasteiger partial charge in [-0.15, -0.1) is 0 Å². The lowest BCUT2D eigenvalue weighted by molar-refractivity contribution is 0.0243. The molecule has 0 aliphatic carbocycles. The van der Waals surface area contributed by atoms with Gasteiger partial charge in [0.25, 0.3) is 0 Å². The molecular weight excluding hydrogens is 392 g/mol. The van der Waals surface area contributed by atoms with E-state index in [2.05, 4.69) is 27.3 Å². The van der Waals surface area contributed by atoms with Gasteiger partial charge in [-0.1, -0.05) is 12.1 Å². The van der Waals surface area contributed by atoms with Crippen molar-refractivity contribution in [1.82, 2.24) is 15.4 Å². The van der Waals surface area contributed by atoms with Crippen LogP contribution in [0, 0.1) is 0 Å². The average molecular weight is 425 g/mol. The van der Waals surface area contributed by atoms with Gasteiger partial charge in [0.2, 0.25) is 10.0 Å². The molecule has 3 rings (SSSR count). The number of aliphatic imine (C=N–C) groups is 1. The number of hydrogen-bond acceptors (Lipinski definition) is 5. The SMILES string of the molecule is CN=C(NCc1ccc(S(=O)(=O)NCC2CCCO2)cc1)NCC1(C)CCCO1. The highest BCUT2D eigenvalue weighted by Crippen LogP contribution is 2.23. The van der Waals surface area contributed by atoms with Crippen molar-refractivity contribution in [2.75, 3.05) is 33.4 Å². The summed E-state index contributed by atoms with van der Waals surface area (Å²) in [5, 5.41) is 6.55. The van der Waals surface area contributed by atoms with Crippen molar-refractivity contribution < 1.29 is 17.9 Å². The third-order valence-electron chi connectivity index (χ3n) is 5.37. The minimum atomic E-state index is -3.53. The molecule has 2 fully saturated rings. The zero-order valence-corrected chi connectivity index (χ0v) is 18.1. The van der Waals surface area contributed by atoms with E-state index in [0.717, 1.165) is 37.9 Å². The van der Waals surface area contributed by atoms with E-state index >= 15 is 0 Å². The third kappa shape index (κ3) is 6.40.